The zero-order valence-corrected chi connectivity index (χ0v) is 9.96. The minimum Gasteiger partial charge on any atom is -0.464 e. The fourth-order valence-electron chi connectivity index (χ4n) is 1.55. The summed E-state index contributed by atoms with van der Waals surface area (Å²) in [7, 11) is 1.36. The fourth-order valence-corrected chi connectivity index (χ4v) is 2.39. The SMILES string of the molecule is COC(=O)c1csc(N2CCCOCC2)n1. The second-order valence-electron chi connectivity index (χ2n) is 3.46. The van der Waals surface area contributed by atoms with Crippen LogP contribution in [-0.2, 0) is 9.47 Å². The van der Waals surface area contributed by atoms with Crippen molar-refractivity contribution in [3.63, 3.8) is 0 Å². The average Bonchev–Trinajstić information content (AvgIpc) is 2.64. The molecule has 1 aliphatic rings. The first-order chi connectivity index (χ1) is 7.81. The smallest absolute Gasteiger partial charge is 0.357 e. The van der Waals surface area contributed by atoms with Gasteiger partial charge in [0.2, 0.25) is 0 Å². The molecule has 1 aromatic heterocycles. The van der Waals surface area contributed by atoms with Gasteiger partial charge in [-0.15, -0.1) is 11.3 Å². The summed E-state index contributed by atoms with van der Waals surface area (Å²) in [5.74, 6) is -0.381. The first-order valence-electron chi connectivity index (χ1n) is 5.18. The van der Waals surface area contributed by atoms with Crippen molar-refractivity contribution in [1.82, 2.24) is 4.98 Å². The average molecular weight is 242 g/mol. The molecular weight excluding hydrogens is 228 g/mol. The number of hydrogen-bond acceptors (Lipinski definition) is 6. The van der Waals surface area contributed by atoms with E-state index in [0.29, 0.717) is 12.3 Å². The molecule has 6 heteroatoms. The zero-order valence-electron chi connectivity index (χ0n) is 9.14. The van der Waals surface area contributed by atoms with Gasteiger partial charge in [0.05, 0.1) is 13.7 Å². The Morgan fingerprint density at radius 3 is 3.25 bits per heavy atom. The fraction of sp³-hybridized carbons (Fsp3) is 0.600. The molecule has 0 atom stereocenters. The van der Waals surface area contributed by atoms with Crippen LogP contribution in [0, 0.1) is 0 Å². The van der Waals surface area contributed by atoms with E-state index in [4.69, 9.17) is 4.74 Å². The van der Waals surface area contributed by atoms with E-state index in [9.17, 15) is 4.79 Å². The first kappa shape index (κ1) is 11.3. The molecule has 0 amide bonds. The molecule has 0 N–H and O–H groups in total. The quantitative estimate of drug-likeness (QED) is 0.728. The molecule has 0 aliphatic carbocycles. The maximum atomic E-state index is 11.3. The third-order valence-corrected chi connectivity index (χ3v) is 3.28. The summed E-state index contributed by atoms with van der Waals surface area (Å²) in [6, 6.07) is 0. The van der Waals surface area contributed by atoms with Gasteiger partial charge < -0.3 is 14.4 Å². The normalized spacial score (nSPS) is 16.9. The highest BCUT2D eigenvalue weighted by molar-refractivity contribution is 7.13. The van der Waals surface area contributed by atoms with Gasteiger partial charge in [-0.1, -0.05) is 0 Å². The van der Waals surface area contributed by atoms with Gasteiger partial charge in [-0.25, -0.2) is 9.78 Å². The monoisotopic (exact) mass is 242 g/mol. The first-order valence-corrected chi connectivity index (χ1v) is 6.06. The lowest BCUT2D eigenvalue weighted by atomic mass is 10.4. The summed E-state index contributed by atoms with van der Waals surface area (Å²) in [4.78, 5) is 17.7. The van der Waals surface area contributed by atoms with Crippen LogP contribution in [0.15, 0.2) is 5.38 Å². The molecule has 2 rings (SSSR count). The summed E-state index contributed by atoms with van der Waals surface area (Å²) >= 11 is 1.47. The van der Waals surface area contributed by atoms with Crippen LogP contribution in [0.1, 0.15) is 16.9 Å². The summed E-state index contributed by atoms with van der Waals surface area (Å²) in [5, 5.41) is 2.60. The topological polar surface area (TPSA) is 51.7 Å². The summed E-state index contributed by atoms with van der Waals surface area (Å²) in [6.45, 7) is 3.27. The Morgan fingerprint density at radius 2 is 2.44 bits per heavy atom. The zero-order chi connectivity index (χ0) is 11.4. The summed E-state index contributed by atoms with van der Waals surface area (Å²) in [6.07, 6.45) is 0.993. The summed E-state index contributed by atoms with van der Waals surface area (Å²) < 4.78 is 9.99. The van der Waals surface area contributed by atoms with Crippen LogP contribution >= 0.6 is 11.3 Å². The molecular formula is C10H14N2O3S. The number of rotatable bonds is 2. The van der Waals surface area contributed by atoms with Crippen LogP contribution in [0.3, 0.4) is 0 Å². The summed E-state index contributed by atoms with van der Waals surface area (Å²) in [5.41, 5.74) is 0.382. The number of methoxy groups -OCH3 is 1. The van der Waals surface area contributed by atoms with Gasteiger partial charge in [0.25, 0.3) is 0 Å². The maximum absolute atomic E-state index is 11.3. The van der Waals surface area contributed by atoms with E-state index in [2.05, 4.69) is 14.6 Å². The van der Waals surface area contributed by atoms with Crippen molar-refractivity contribution in [3.8, 4) is 0 Å². The van der Waals surface area contributed by atoms with Crippen molar-refractivity contribution in [2.45, 2.75) is 6.42 Å². The van der Waals surface area contributed by atoms with Gasteiger partial charge >= 0.3 is 5.97 Å². The van der Waals surface area contributed by atoms with E-state index >= 15 is 0 Å². The molecule has 2 heterocycles. The highest BCUT2D eigenvalue weighted by atomic mass is 32.1. The standard InChI is InChI=1S/C10H14N2O3S/c1-14-9(13)8-7-16-10(11-8)12-3-2-5-15-6-4-12/h7H,2-6H2,1H3. The van der Waals surface area contributed by atoms with E-state index in [1.54, 1.807) is 5.38 Å². The lowest BCUT2D eigenvalue weighted by Gasteiger charge is -2.17. The Hall–Kier alpha value is -1.14. The van der Waals surface area contributed by atoms with Crippen molar-refractivity contribution in [2.24, 2.45) is 0 Å². The van der Waals surface area contributed by atoms with Gasteiger partial charge in [-0.05, 0) is 6.42 Å². The number of thiazole rings is 1. The molecule has 0 radical (unpaired) electrons. The second-order valence-corrected chi connectivity index (χ2v) is 4.30. The van der Waals surface area contributed by atoms with Crippen molar-refractivity contribution in [2.75, 3.05) is 38.3 Å². The van der Waals surface area contributed by atoms with E-state index in [1.165, 1.54) is 18.4 Å². The van der Waals surface area contributed by atoms with Crippen LogP contribution in [0.2, 0.25) is 0 Å². The number of nitrogens with zero attached hydrogens (tertiary/aromatic N) is 2. The van der Waals surface area contributed by atoms with Crippen LogP contribution in [0.25, 0.3) is 0 Å². The van der Waals surface area contributed by atoms with E-state index in [0.717, 1.165) is 31.2 Å². The van der Waals surface area contributed by atoms with E-state index in [-0.39, 0.29) is 5.97 Å². The highest BCUT2D eigenvalue weighted by Gasteiger charge is 2.16. The molecule has 5 nitrogen and oxygen atoms in total. The van der Waals surface area contributed by atoms with Crippen LogP contribution in [0.4, 0.5) is 5.13 Å². The third-order valence-electron chi connectivity index (χ3n) is 2.38. The highest BCUT2D eigenvalue weighted by Crippen LogP contribution is 2.21. The van der Waals surface area contributed by atoms with Crippen LogP contribution < -0.4 is 4.90 Å². The van der Waals surface area contributed by atoms with Crippen LogP contribution in [0.5, 0.6) is 0 Å². The van der Waals surface area contributed by atoms with Crippen molar-refractivity contribution in [3.05, 3.63) is 11.1 Å². The number of ether oxygens (including phenoxy) is 2. The predicted octanol–water partition coefficient (Wildman–Crippen LogP) is 1.16. The Morgan fingerprint density at radius 1 is 1.56 bits per heavy atom. The van der Waals surface area contributed by atoms with Crippen molar-refractivity contribution >= 4 is 22.4 Å². The Labute approximate surface area is 98.0 Å². The maximum Gasteiger partial charge on any atom is 0.357 e. The molecule has 1 saturated heterocycles. The molecule has 0 saturated carbocycles. The van der Waals surface area contributed by atoms with Gasteiger partial charge in [0.1, 0.15) is 0 Å². The van der Waals surface area contributed by atoms with Gasteiger partial charge in [-0.2, -0.15) is 0 Å². The predicted molar refractivity (Wildman–Crippen MR) is 61.1 cm³/mol. The molecule has 0 unspecified atom stereocenters. The van der Waals surface area contributed by atoms with Crippen LogP contribution in [-0.4, -0.2) is 44.4 Å². The molecule has 16 heavy (non-hydrogen) atoms. The molecule has 1 aromatic rings. The number of carbonyl (C=O) groups excluding carboxylic acids is 1. The number of esters is 1. The molecule has 0 spiro atoms. The molecule has 0 bridgehead atoms. The van der Waals surface area contributed by atoms with E-state index in [1.807, 2.05) is 0 Å². The van der Waals surface area contributed by atoms with Gasteiger partial charge in [0.15, 0.2) is 10.8 Å². The van der Waals surface area contributed by atoms with Crippen molar-refractivity contribution < 1.29 is 14.3 Å². The number of hydrogen-bond donors (Lipinski definition) is 0. The van der Waals surface area contributed by atoms with Gasteiger partial charge in [0, 0.05) is 25.1 Å². The Balaban J connectivity index is 2.08. The number of carbonyl (C=O) groups is 1. The number of anilines is 1. The number of aromatic nitrogens is 1. The Kier molecular flexibility index (Phi) is 3.74. The van der Waals surface area contributed by atoms with Gasteiger partial charge in [-0.3, -0.25) is 0 Å². The lowest BCUT2D eigenvalue weighted by molar-refractivity contribution is 0.0595. The minimum absolute atomic E-state index is 0.381. The second kappa shape index (κ2) is 5.27. The molecule has 1 fully saturated rings. The van der Waals surface area contributed by atoms with E-state index < -0.39 is 0 Å². The Bertz CT molecular complexity index is 359. The molecule has 1 aliphatic heterocycles. The molecule has 0 aromatic carbocycles. The largest absolute Gasteiger partial charge is 0.464 e. The lowest BCUT2D eigenvalue weighted by Crippen LogP contribution is -2.25. The minimum atomic E-state index is -0.381. The molecule has 88 valence electrons. The third kappa shape index (κ3) is 2.51. The van der Waals surface area contributed by atoms with Crippen molar-refractivity contribution in [1.29, 1.82) is 0 Å².